The highest BCUT2D eigenvalue weighted by atomic mass is 16.5. The predicted octanol–water partition coefficient (Wildman–Crippen LogP) is 4.94. The molecule has 2 aromatic carbocycles. The summed E-state index contributed by atoms with van der Waals surface area (Å²) in [6, 6.07) is 13.6. The van der Waals surface area contributed by atoms with Gasteiger partial charge in [-0.15, -0.1) is 0 Å². The molecule has 0 aliphatic heterocycles. The highest BCUT2D eigenvalue weighted by molar-refractivity contribution is 5.70. The minimum atomic E-state index is -0.532. The van der Waals surface area contributed by atoms with E-state index in [1.54, 1.807) is 0 Å². The van der Waals surface area contributed by atoms with E-state index < -0.39 is 5.60 Å². The molecular formula is C25H34O4. The third-order valence-electron chi connectivity index (χ3n) is 5.52. The zero-order valence-electron chi connectivity index (χ0n) is 17.6. The standard InChI is InChI=1S/C25H34O4/c1-3-25(28,4-2)14-5-6-15-29-24-9-7-8-20(17-24)10-11-21-12-13-22(18-26)23(16-21)19-27/h7-13,16-17,26-28H,3-6,14-15,18-19H2,1-2H3/b11-10+. The molecule has 0 spiro atoms. The van der Waals surface area contributed by atoms with Crippen molar-refractivity contribution in [3.8, 4) is 5.75 Å². The van der Waals surface area contributed by atoms with Crippen molar-refractivity contribution in [3.05, 3.63) is 64.7 Å². The number of rotatable bonds is 12. The first-order valence-corrected chi connectivity index (χ1v) is 10.5. The Labute approximate surface area is 174 Å². The fraction of sp³-hybridized carbons (Fsp3) is 0.440. The summed E-state index contributed by atoms with van der Waals surface area (Å²) in [5.41, 5.74) is 2.96. The van der Waals surface area contributed by atoms with Gasteiger partial charge in [0.2, 0.25) is 0 Å². The molecule has 2 rings (SSSR count). The number of ether oxygens (including phenoxy) is 1. The zero-order chi connectivity index (χ0) is 21.1. The van der Waals surface area contributed by atoms with Crippen molar-refractivity contribution in [2.24, 2.45) is 0 Å². The molecule has 0 aliphatic rings. The van der Waals surface area contributed by atoms with Crippen molar-refractivity contribution in [3.63, 3.8) is 0 Å². The minimum absolute atomic E-state index is 0.0740. The molecule has 0 atom stereocenters. The van der Waals surface area contributed by atoms with E-state index >= 15 is 0 Å². The maximum absolute atomic E-state index is 10.3. The highest BCUT2D eigenvalue weighted by Gasteiger charge is 2.20. The predicted molar refractivity (Wildman–Crippen MR) is 119 cm³/mol. The molecule has 0 aliphatic carbocycles. The van der Waals surface area contributed by atoms with Crippen LogP contribution < -0.4 is 4.74 Å². The van der Waals surface area contributed by atoms with Crippen LogP contribution >= 0.6 is 0 Å². The van der Waals surface area contributed by atoms with Crippen LogP contribution in [0, 0.1) is 0 Å². The molecule has 158 valence electrons. The molecule has 3 N–H and O–H groups in total. The summed E-state index contributed by atoms with van der Waals surface area (Å²) in [4.78, 5) is 0. The molecular weight excluding hydrogens is 364 g/mol. The molecule has 0 aromatic heterocycles. The second-order valence-electron chi connectivity index (χ2n) is 7.49. The van der Waals surface area contributed by atoms with Crippen LogP contribution in [0.15, 0.2) is 42.5 Å². The van der Waals surface area contributed by atoms with Crippen molar-refractivity contribution in [2.75, 3.05) is 6.61 Å². The van der Waals surface area contributed by atoms with Crippen LogP contribution in [-0.4, -0.2) is 27.5 Å². The van der Waals surface area contributed by atoms with Crippen molar-refractivity contribution >= 4 is 12.2 Å². The summed E-state index contributed by atoms with van der Waals surface area (Å²) in [7, 11) is 0. The Hall–Kier alpha value is -2.14. The maximum atomic E-state index is 10.3. The topological polar surface area (TPSA) is 69.9 Å². The van der Waals surface area contributed by atoms with E-state index in [1.165, 1.54) is 0 Å². The van der Waals surface area contributed by atoms with Gasteiger partial charge in [-0.3, -0.25) is 0 Å². The second kappa shape index (κ2) is 11.8. The molecule has 0 amide bonds. The fourth-order valence-corrected chi connectivity index (χ4v) is 3.30. The Bertz CT molecular complexity index is 778. The average Bonchev–Trinajstić information content (AvgIpc) is 2.77. The van der Waals surface area contributed by atoms with Crippen LogP contribution in [0.1, 0.15) is 68.2 Å². The first-order valence-electron chi connectivity index (χ1n) is 10.5. The normalized spacial score (nSPS) is 11.9. The molecule has 0 unspecified atom stereocenters. The lowest BCUT2D eigenvalue weighted by Crippen LogP contribution is -2.26. The van der Waals surface area contributed by atoms with Gasteiger partial charge >= 0.3 is 0 Å². The Kier molecular flexibility index (Phi) is 9.39. The summed E-state index contributed by atoms with van der Waals surface area (Å²) in [5.74, 6) is 0.833. The van der Waals surface area contributed by atoms with Crippen LogP contribution in [0.3, 0.4) is 0 Å². The van der Waals surface area contributed by atoms with Gasteiger partial charge in [0.05, 0.1) is 25.4 Å². The van der Waals surface area contributed by atoms with Crippen LogP contribution in [0.4, 0.5) is 0 Å². The van der Waals surface area contributed by atoms with Crippen LogP contribution in [0.25, 0.3) is 12.2 Å². The largest absolute Gasteiger partial charge is 0.494 e. The monoisotopic (exact) mass is 398 g/mol. The Morgan fingerprint density at radius 3 is 2.21 bits per heavy atom. The van der Waals surface area contributed by atoms with E-state index in [2.05, 4.69) is 0 Å². The van der Waals surface area contributed by atoms with Gasteiger partial charge < -0.3 is 20.1 Å². The Morgan fingerprint density at radius 2 is 1.55 bits per heavy atom. The average molecular weight is 399 g/mol. The van der Waals surface area contributed by atoms with Crippen molar-refractivity contribution in [1.29, 1.82) is 0 Å². The third kappa shape index (κ3) is 7.32. The van der Waals surface area contributed by atoms with Crippen molar-refractivity contribution in [1.82, 2.24) is 0 Å². The molecule has 0 fully saturated rings. The quantitative estimate of drug-likeness (QED) is 0.350. The van der Waals surface area contributed by atoms with E-state index in [-0.39, 0.29) is 13.2 Å². The lowest BCUT2D eigenvalue weighted by Gasteiger charge is -2.24. The van der Waals surface area contributed by atoms with E-state index in [4.69, 9.17) is 4.74 Å². The summed E-state index contributed by atoms with van der Waals surface area (Å²) in [6.45, 7) is 4.54. The molecule has 2 aromatic rings. The summed E-state index contributed by atoms with van der Waals surface area (Å²) >= 11 is 0. The second-order valence-corrected chi connectivity index (χ2v) is 7.49. The van der Waals surface area contributed by atoms with Gasteiger partial charge in [-0.25, -0.2) is 0 Å². The molecule has 0 saturated carbocycles. The van der Waals surface area contributed by atoms with E-state index in [9.17, 15) is 15.3 Å². The first kappa shape index (κ1) is 23.1. The van der Waals surface area contributed by atoms with Gasteiger partial charge in [0, 0.05) is 0 Å². The number of benzene rings is 2. The molecule has 0 saturated heterocycles. The van der Waals surface area contributed by atoms with Gasteiger partial charge in [0.25, 0.3) is 0 Å². The third-order valence-corrected chi connectivity index (χ3v) is 5.52. The van der Waals surface area contributed by atoms with Crippen molar-refractivity contribution in [2.45, 2.75) is 64.8 Å². The lowest BCUT2D eigenvalue weighted by molar-refractivity contribution is 0.0205. The van der Waals surface area contributed by atoms with Crippen molar-refractivity contribution < 1.29 is 20.1 Å². The van der Waals surface area contributed by atoms with E-state index in [0.29, 0.717) is 6.61 Å². The van der Waals surface area contributed by atoms with Crippen LogP contribution in [0.2, 0.25) is 0 Å². The molecule has 0 radical (unpaired) electrons. The molecule has 0 bridgehead atoms. The molecule has 29 heavy (non-hydrogen) atoms. The smallest absolute Gasteiger partial charge is 0.119 e. The fourth-order valence-electron chi connectivity index (χ4n) is 3.30. The van der Waals surface area contributed by atoms with E-state index in [0.717, 1.165) is 60.1 Å². The van der Waals surface area contributed by atoms with Gasteiger partial charge in [-0.05, 0) is 72.6 Å². The molecule has 4 nitrogen and oxygen atoms in total. The number of aliphatic hydroxyl groups is 3. The van der Waals surface area contributed by atoms with Gasteiger partial charge in [-0.1, -0.05) is 50.3 Å². The Morgan fingerprint density at radius 1 is 0.862 bits per heavy atom. The van der Waals surface area contributed by atoms with Gasteiger partial charge in [0.15, 0.2) is 0 Å². The number of hydrogen-bond acceptors (Lipinski definition) is 4. The number of hydrogen-bond donors (Lipinski definition) is 3. The van der Waals surface area contributed by atoms with Gasteiger partial charge in [-0.2, -0.15) is 0 Å². The number of aliphatic hydroxyl groups excluding tert-OH is 2. The maximum Gasteiger partial charge on any atom is 0.119 e. The van der Waals surface area contributed by atoms with Crippen LogP contribution in [0.5, 0.6) is 5.75 Å². The minimum Gasteiger partial charge on any atom is -0.494 e. The molecule has 4 heteroatoms. The summed E-state index contributed by atoms with van der Waals surface area (Å²) < 4.78 is 5.87. The molecule has 0 heterocycles. The first-order chi connectivity index (χ1) is 14.0. The van der Waals surface area contributed by atoms with Gasteiger partial charge in [0.1, 0.15) is 5.75 Å². The highest BCUT2D eigenvalue weighted by Crippen LogP contribution is 2.22. The summed E-state index contributed by atoms with van der Waals surface area (Å²) in [6.07, 6.45) is 8.26. The zero-order valence-corrected chi connectivity index (χ0v) is 17.6. The lowest BCUT2D eigenvalue weighted by atomic mass is 9.91. The van der Waals surface area contributed by atoms with E-state index in [1.807, 2.05) is 68.5 Å². The Balaban J connectivity index is 1.88. The SMILES string of the molecule is CCC(O)(CC)CCCCOc1cccc(/C=C/c2ccc(CO)c(CO)c2)c1. The summed E-state index contributed by atoms with van der Waals surface area (Å²) in [5, 5.41) is 29.0. The number of unbranched alkanes of at least 4 members (excludes halogenated alkanes) is 1. The van der Waals surface area contributed by atoms with Crippen LogP contribution in [-0.2, 0) is 13.2 Å².